The number of rotatable bonds is 4. The topological polar surface area (TPSA) is 71.1 Å². The lowest BCUT2D eigenvalue weighted by atomic mass is 10.0. The van der Waals surface area contributed by atoms with Gasteiger partial charge in [-0.1, -0.05) is 13.8 Å². The van der Waals surface area contributed by atoms with Crippen molar-refractivity contribution < 1.29 is 19.1 Å². The maximum atomic E-state index is 12.7. The number of nitrogens with zero attached hydrogens (tertiary/aromatic N) is 2. The SMILES string of the molecule is CC(C)C[C@H](NC(=O)N1CCOCC1)C(=O)N1CCOCC1. The highest BCUT2D eigenvalue weighted by Gasteiger charge is 2.29. The van der Waals surface area contributed by atoms with Crippen molar-refractivity contribution in [3.05, 3.63) is 0 Å². The van der Waals surface area contributed by atoms with E-state index in [0.717, 1.165) is 0 Å². The van der Waals surface area contributed by atoms with Gasteiger partial charge in [0.25, 0.3) is 0 Å². The summed E-state index contributed by atoms with van der Waals surface area (Å²) in [6.45, 7) is 8.70. The smallest absolute Gasteiger partial charge is 0.318 e. The van der Waals surface area contributed by atoms with E-state index in [2.05, 4.69) is 19.2 Å². The molecule has 0 aromatic rings. The van der Waals surface area contributed by atoms with Crippen molar-refractivity contribution in [2.75, 3.05) is 52.6 Å². The predicted octanol–water partition coefficient (Wildman–Crippen LogP) is 0.302. The van der Waals surface area contributed by atoms with Gasteiger partial charge in [0.05, 0.1) is 26.4 Å². The molecule has 2 heterocycles. The number of carbonyl (C=O) groups excluding carboxylic acids is 2. The zero-order valence-corrected chi connectivity index (χ0v) is 13.5. The fourth-order valence-electron chi connectivity index (χ4n) is 2.70. The molecule has 2 aliphatic heterocycles. The number of ether oxygens (including phenoxy) is 2. The van der Waals surface area contributed by atoms with E-state index in [1.807, 2.05) is 0 Å². The van der Waals surface area contributed by atoms with Gasteiger partial charge >= 0.3 is 6.03 Å². The van der Waals surface area contributed by atoms with Crippen molar-refractivity contribution >= 4 is 11.9 Å². The number of hydrogen-bond acceptors (Lipinski definition) is 4. The Hall–Kier alpha value is -1.34. The fourth-order valence-corrected chi connectivity index (χ4v) is 2.70. The third-order valence-electron chi connectivity index (χ3n) is 3.92. The molecule has 2 saturated heterocycles. The van der Waals surface area contributed by atoms with Gasteiger partial charge in [-0.25, -0.2) is 4.79 Å². The van der Waals surface area contributed by atoms with Crippen molar-refractivity contribution in [1.29, 1.82) is 0 Å². The first-order chi connectivity index (χ1) is 10.6. The Morgan fingerprint density at radius 2 is 1.45 bits per heavy atom. The third kappa shape index (κ3) is 4.84. The van der Waals surface area contributed by atoms with Gasteiger partial charge in [-0.3, -0.25) is 4.79 Å². The number of urea groups is 1. The van der Waals surface area contributed by atoms with Crippen LogP contribution < -0.4 is 5.32 Å². The van der Waals surface area contributed by atoms with Gasteiger partial charge in [0.2, 0.25) is 5.91 Å². The first kappa shape index (κ1) is 17.0. The van der Waals surface area contributed by atoms with Gasteiger partial charge < -0.3 is 24.6 Å². The highest BCUT2D eigenvalue weighted by Crippen LogP contribution is 2.11. The molecule has 0 spiro atoms. The zero-order chi connectivity index (χ0) is 15.9. The van der Waals surface area contributed by atoms with Gasteiger partial charge in [0.15, 0.2) is 0 Å². The molecule has 2 rings (SSSR count). The average molecular weight is 313 g/mol. The van der Waals surface area contributed by atoms with Gasteiger partial charge in [-0.05, 0) is 12.3 Å². The molecule has 0 aromatic carbocycles. The van der Waals surface area contributed by atoms with Crippen LogP contribution in [0.25, 0.3) is 0 Å². The van der Waals surface area contributed by atoms with Crippen LogP contribution >= 0.6 is 0 Å². The van der Waals surface area contributed by atoms with Crippen LogP contribution in [0, 0.1) is 5.92 Å². The molecule has 0 saturated carbocycles. The van der Waals surface area contributed by atoms with Crippen LogP contribution in [-0.2, 0) is 14.3 Å². The number of morpholine rings is 2. The summed E-state index contributed by atoms with van der Waals surface area (Å²) in [5, 5.41) is 2.91. The summed E-state index contributed by atoms with van der Waals surface area (Å²) in [4.78, 5) is 28.5. The Labute approximate surface area is 131 Å². The monoisotopic (exact) mass is 313 g/mol. The van der Waals surface area contributed by atoms with Crippen LogP contribution in [0.15, 0.2) is 0 Å². The maximum absolute atomic E-state index is 12.7. The van der Waals surface area contributed by atoms with E-state index in [4.69, 9.17) is 9.47 Å². The first-order valence-corrected chi connectivity index (χ1v) is 8.07. The van der Waals surface area contributed by atoms with E-state index in [9.17, 15) is 9.59 Å². The molecular formula is C15H27N3O4. The Morgan fingerprint density at radius 1 is 0.955 bits per heavy atom. The minimum Gasteiger partial charge on any atom is -0.378 e. The lowest BCUT2D eigenvalue weighted by molar-refractivity contribution is -0.137. The second-order valence-electron chi connectivity index (χ2n) is 6.17. The van der Waals surface area contributed by atoms with E-state index in [1.165, 1.54) is 0 Å². The van der Waals surface area contributed by atoms with Gasteiger partial charge in [-0.15, -0.1) is 0 Å². The lowest BCUT2D eigenvalue weighted by Crippen LogP contribution is -2.56. The van der Waals surface area contributed by atoms with Crippen molar-refractivity contribution in [2.45, 2.75) is 26.3 Å². The summed E-state index contributed by atoms with van der Waals surface area (Å²) >= 11 is 0. The molecule has 7 nitrogen and oxygen atoms in total. The minimum absolute atomic E-state index is 0.00129. The van der Waals surface area contributed by atoms with Crippen LogP contribution in [0.3, 0.4) is 0 Å². The molecule has 0 unspecified atom stereocenters. The summed E-state index contributed by atoms with van der Waals surface area (Å²) < 4.78 is 10.5. The van der Waals surface area contributed by atoms with Crippen LogP contribution in [0.2, 0.25) is 0 Å². The molecule has 0 radical (unpaired) electrons. The van der Waals surface area contributed by atoms with Crippen molar-refractivity contribution in [3.8, 4) is 0 Å². The highest BCUT2D eigenvalue weighted by molar-refractivity contribution is 5.87. The second kappa shape index (κ2) is 8.33. The predicted molar refractivity (Wildman–Crippen MR) is 81.6 cm³/mol. The Balaban J connectivity index is 1.95. The van der Waals surface area contributed by atoms with Gasteiger partial charge in [0.1, 0.15) is 6.04 Å². The summed E-state index contributed by atoms with van der Waals surface area (Å²) in [6, 6.07) is -0.635. The van der Waals surface area contributed by atoms with Crippen LogP contribution in [0.4, 0.5) is 4.79 Å². The van der Waals surface area contributed by atoms with E-state index in [-0.39, 0.29) is 11.9 Å². The molecule has 2 aliphatic rings. The summed E-state index contributed by atoms with van der Waals surface area (Å²) in [7, 11) is 0. The zero-order valence-electron chi connectivity index (χ0n) is 13.5. The van der Waals surface area contributed by atoms with Gasteiger partial charge in [-0.2, -0.15) is 0 Å². The lowest BCUT2D eigenvalue weighted by Gasteiger charge is -2.33. The molecular weight excluding hydrogens is 286 g/mol. The largest absolute Gasteiger partial charge is 0.378 e. The quantitative estimate of drug-likeness (QED) is 0.810. The highest BCUT2D eigenvalue weighted by atomic mass is 16.5. The number of carbonyl (C=O) groups is 2. The molecule has 0 aromatic heterocycles. The molecule has 2 fully saturated rings. The van der Waals surface area contributed by atoms with Crippen molar-refractivity contribution in [1.82, 2.24) is 15.1 Å². The molecule has 1 atom stereocenters. The van der Waals surface area contributed by atoms with E-state index in [1.54, 1.807) is 9.80 Å². The van der Waals surface area contributed by atoms with Crippen LogP contribution in [0.5, 0.6) is 0 Å². The first-order valence-electron chi connectivity index (χ1n) is 8.07. The molecule has 3 amide bonds. The second-order valence-corrected chi connectivity index (χ2v) is 6.17. The Morgan fingerprint density at radius 3 is 1.95 bits per heavy atom. The Bertz CT molecular complexity index is 377. The number of amides is 3. The third-order valence-corrected chi connectivity index (χ3v) is 3.92. The molecule has 22 heavy (non-hydrogen) atoms. The standard InChI is InChI=1S/C15H27N3O4/c1-12(2)11-13(14(19)17-3-7-21-8-4-17)16-15(20)18-5-9-22-10-6-18/h12-13H,3-11H2,1-2H3,(H,16,20)/t13-/m0/s1. The summed E-state index contributed by atoms with van der Waals surface area (Å²) in [6.07, 6.45) is 0.645. The molecule has 7 heteroatoms. The van der Waals surface area contributed by atoms with Crippen LogP contribution in [-0.4, -0.2) is 80.4 Å². The van der Waals surface area contributed by atoms with Crippen LogP contribution in [0.1, 0.15) is 20.3 Å². The molecule has 1 N–H and O–H groups in total. The fraction of sp³-hybridized carbons (Fsp3) is 0.867. The van der Waals surface area contributed by atoms with E-state index >= 15 is 0 Å². The van der Waals surface area contributed by atoms with E-state index < -0.39 is 6.04 Å². The van der Waals surface area contributed by atoms with E-state index in [0.29, 0.717) is 64.9 Å². The maximum Gasteiger partial charge on any atom is 0.318 e. The minimum atomic E-state index is -0.464. The number of nitrogens with one attached hydrogen (secondary N) is 1. The van der Waals surface area contributed by atoms with Crippen molar-refractivity contribution in [2.24, 2.45) is 5.92 Å². The average Bonchev–Trinajstić information content (AvgIpc) is 2.54. The Kier molecular flexibility index (Phi) is 6.45. The van der Waals surface area contributed by atoms with Gasteiger partial charge in [0, 0.05) is 26.2 Å². The molecule has 0 aliphatic carbocycles. The van der Waals surface area contributed by atoms with Crippen molar-refractivity contribution in [3.63, 3.8) is 0 Å². The number of hydrogen-bond donors (Lipinski definition) is 1. The summed E-state index contributed by atoms with van der Waals surface area (Å²) in [5.41, 5.74) is 0. The molecule has 126 valence electrons. The molecule has 0 bridgehead atoms. The summed E-state index contributed by atoms with van der Waals surface area (Å²) in [5.74, 6) is 0.332. The normalized spacial score (nSPS) is 20.9.